The summed E-state index contributed by atoms with van der Waals surface area (Å²) in [4.78, 5) is 10.5. The maximum absolute atomic E-state index is 15.4. The van der Waals surface area contributed by atoms with Crippen molar-refractivity contribution in [2.45, 2.75) is 6.42 Å². The predicted octanol–water partition coefficient (Wildman–Crippen LogP) is 4.45. The van der Waals surface area contributed by atoms with Gasteiger partial charge < -0.3 is 14.4 Å². The number of anilines is 1. The standard InChI is InChI=1S/C24H20ClF2N5O2/c1-33-22-3-2-15(30-31-22)8-14-9-17(19(26)12-18(14)25)24-23-20(27)10-16(11-21(23)28-13-29-24)32-4-6-34-7-5-32/h2-3,9-13H,4-8H2,1H3. The summed E-state index contributed by atoms with van der Waals surface area (Å²) in [5.74, 6) is -0.744. The highest BCUT2D eigenvalue weighted by Crippen LogP contribution is 2.35. The zero-order chi connectivity index (χ0) is 23.7. The average Bonchev–Trinajstić information content (AvgIpc) is 2.86. The Hall–Kier alpha value is -3.43. The molecule has 0 saturated carbocycles. The molecule has 0 spiro atoms. The highest BCUT2D eigenvalue weighted by molar-refractivity contribution is 6.31. The number of fused-ring (bicyclic) bond motifs is 1. The second kappa shape index (κ2) is 9.44. The van der Waals surface area contributed by atoms with Gasteiger partial charge in [-0.1, -0.05) is 11.6 Å². The van der Waals surface area contributed by atoms with Gasteiger partial charge in [-0.25, -0.2) is 18.7 Å². The lowest BCUT2D eigenvalue weighted by atomic mass is 10.00. The van der Waals surface area contributed by atoms with E-state index in [0.29, 0.717) is 61.1 Å². The van der Waals surface area contributed by atoms with Gasteiger partial charge in [0, 0.05) is 41.9 Å². The molecule has 2 aromatic carbocycles. The van der Waals surface area contributed by atoms with Crippen LogP contribution in [0.2, 0.25) is 5.02 Å². The summed E-state index contributed by atoms with van der Waals surface area (Å²) in [5, 5.41) is 8.43. The molecule has 174 valence electrons. The van der Waals surface area contributed by atoms with Crippen molar-refractivity contribution in [3.8, 4) is 17.1 Å². The molecule has 5 rings (SSSR count). The number of hydrogen-bond donors (Lipinski definition) is 0. The maximum Gasteiger partial charge on any atom is 0.233 e. The molecule has 0 atom stereocenters. The molecule has 3 heterocycles. The van der Waals surface area contributed by atoms with E-state index in [9.17, 15) is 0 Å². The number of methoxy groups -OCH3 is 1. The molecular formula is C24H20ClF2N5O2. The van der Waals surface area contributed by atoms with Crippen LogP contribution in [0.4, 0.5) is 14.5 Å². The van der Waals surface area contributed by atoms with Crippen LogP contribution in [0.25, 0.3) is 22.2 Å². The van der Waals surface area contributed by atoms with Gasteiger partial charge in [-0.15, -0.1) is 5.10 Å². The van der Waals surface area contributed by atoms with Crippen molar-refractivity contribution >= 4 is 28.2 Å². The number of rotatable bonds is 5. The molecular weight excluding hydrogens is 464 g/mol. The van der Waals surface area contributed by atoms with Crippen LogP contribution in [0, 0.1) is 11.6 Å². The smallest absolute Gasteiger partial charge is 0.233 e. The first-order valence-electron chi connectivity index (χ1n) is 10.7. The van der Waals surface area contributed by atoms with Crippen LogP contribution < -0.4 is 9.64 Å². The van der Waals surface area contributed by atoms with E-state index < -0.39 is 11.6 Å². The van der Waals surface area contributed by atoms with Crippen molar-refractivity contribution in [1.82, 2.24) is 20.2 Å². The number of benzene rings is 2. The summed E-state index contributed by atoms with van der Waals surface area (Å²) >= 11 is 6.32. The zero-order valence-electron chi connectivity index (χ0n) is 18.3. The minimum Gasteiger partial charge on any atom is -0.480 e. The van der Waals surface area contributed by atoms with Gasteiger partial charge >= 0.3 is 0 Å². The first-order chi connectivity index (χ1) is 16.5. The van der Waals surface area contributed by atoms with E-state index in [1.54, 1.807) is 24.3 Å². The van der Waals surface area contributed by atoms with Gasteiger partial charge in [0.15, 0.2) is 0 Å². The SMILES string of the molecule is COc1ccc(Cc2cc(-c3ncnc4cc(N5CCOCC5)cc(F)c34)c(F)cc2Cl)nn1. The fourth-order valence-electron chi connectivity index (χ4n) is 3.99. The van der Waals surface area contributed by atoms with E-state index >= 15 is 8.78 Å². The van der Waals surface area contributed by atoms with Crippen molar-refractivity contribution in [2.75, 3.05) is 38.3 Å². The summed E-state index contributed by atoms with van der Waals surface area (Å²) in [7, 11) is 1.50. The molecule has 0 radical (unpaired) electrons. The molecule has 0 amide bonds. The summed E-state index contributed by atoms with van der Waals surface area (Å²) in [6, 6.07) is 9.43. The Morgan fingerprint density at radius 1 is 1.03 bits per heavy atom. The second-order valence-electron chi connectivity index (χ2n) is 7.81. The number of nitrogens with zero attached hydrogens (tertiary/aromatic N) is 5. The molecule has 0 N–H and O–H groups in total. The van der Waals surface area contributed by atoms with Gasteiger partial charge in [0.2, 0.25) is 5.88 Å². The number of ether oxygens (including phenoxy) is 2. The third-order valence-electron chi connectivity index (χ3n) is 5.72. The molecule has 1 fully saturated rings. The monoisotopic (exact) mass is 483 g/mol. The van der Waals surface area contributed by atoms with E-state index in [1.165, 1.54) is 25.6 Å². The highest BCUT2D eigenvalue weighted by Gasteiger charge is 2.20. The van der Waals surface area contributed by atoms with Crippen molar-refractivity contribution < 1.29 is 18.3 Å². The first kappa shape index (κ1) is 22.4. The summed E-state index contributed by atoms with van der Waals surface area (Å²) in [5.41, 5.74) is 2.61. The number of halogens is 3. The van der Waals surface area contributed by atoms with Gasteiger partial charge in [0.05, 0.1) is 42.6 Å². The fourth-order valence-corrected chi connectivity index (χ4v) is 4.21. The third kappa shape index (κ3) is 4.36. The minimum atomic E-state index is -0.605. The molecule has 0 bridgehead atoms. The fraction of sp³-hybridized carbons (Fsp3) is 0.250. The summed E-state index contributed by atoms with van der Waals surface area (Å²) < 4.78 is 40.8. The second-order valence-corrected chi connectivity index (χ2v) is 8.22. The number of aromatic nitrogens is 4. The number of hydrogen-bond acceptors (Lipinski definition) is 7. The minimum absolute atomic E-state index is 0.131. The third-order valence-corrected chi connectivity index (χ3v) is 6.07. The largest absolute Gasteiger partial charge is 0.480 e. The summed E-state index contributed by atoms with van der Waals surface area (Å²) in [6.07, 6.45) is 1.61. The van der Waals surface area contributed by atoms with Crippen LogP contribution in [0.1, 0.15) is 11.3 Å². The van der Waals surface area contributed by atoms with E-state index in [1.807, 2.05) is 4.90 Å². The Morgan fingerprint density at radius 2 is 1.85 bits per heavy atom. The Labute approximate surface area is 199 Å². The first-order valence-corrected chi connectivity index (χ1v) is 11.0. The van der Waals surface area contributed by atoms with Crippen LogP contribution in [0.15, 0.2) is 42.7 Å². The summed E-state index contributed by atoms with van der Waals surface area (Å²) in [6.45, 7) is 2.47. The van der Waals surface area contributed by atoms with Crippen molar-refractivity contribution in [3.05, 3.63) is 70.6 Å². The van der Waals surface area contributed by atoms with Gasteiger partial charge in [-0.3, -0.25) is 0 Å². The quantitative estimate of drug-likeness (QED) is 0.415. The Bertz CT molecular complexity index is 1350. The van der Waals surface area contributed by atoms with Crippen LogP contribution in [0.5, 0.6) is 5.88 Å². The molecule has 10 heteroatoms. The molecule has 1 saturated heterocycles. The Morgan fingerprint density at radius 3 is 2.59 bits per heavy atom. The molecule has 1 aliphatic rings. The molecule has 7 nitrogen and oxygen atoms in total. The lowest BCUT2D eigenvalue weighted by Gasteiger charge is -2.29. The van der Waals surface area contributed by atoms with Crippen LogP contribution >= 0.6 is 11.6 Å². The molecule has 1 aliphatic heterocycles. The van der Waals surface area contributed by atoms with Crippen LogP contribution in [0.3, 0.4) is 0 Å². The van der Waals surface area contributed by atoms with Crippen molar-refractivity contribution in [3.63, 3.8) is 0 Å². The maximum atomic E-state index is 15.4. The van der Waals surface area contributed by atoms with Gasteiger partial charge in [0.1, 0.15) is 18.0 Å². The van der Waals surface area contributed by atoms with E-state index in [0.717, 1.165) is 0 Å². The topological polar surface area (TPSA) is 73.3 Å². The molecule has 4 aromatic rings. The Balaban J connectivity index is 1.56. The van der Waals surface area contributed by atoms with Gasteiger partial charge in [-0.05, 0) is 35.9 Å². The van der Waals surface area contributed by atoms with E-state index in [-0.39, 0.29) is 21.7 Å². The molecule has 0 unspecified atom stereocenters. The van der Waals surface area contributed by atoms with Crippen molar-refractivity contribution in [1.29, 1.82) is 0 Å². The molecule has 34 heavy (non-hydrogen) atoms. The van der Waals surface area contributed by atoms with Crippen LogP contribution in [-0.2, 0) is 11.2 Å². The Kier molecular flexibility index (Phi) is 6.21. The van der Waals surface area contributed by atoms with Gasteiger partial charge in [-0.2, -0.15) is 5.10 Å². The highest BCUT2D eigenvalue weighted by atomic mass is 35.5. The average molecular weight is 484 g/mol. The van der Waals surface area contributed by atoms with E-state index in [4.69, 9.17) is 21.1 Å². The number of morpholine rings is 1. The van der Waals surface area contributed by atoms with E-state index in [2.05, 4.69) is 20.2 Å². The van der Waals surface area contributed by atoms with Crippen molar-refractivity contribution in [2.24, 2.45) is 0 Å². The zero-order valence-corrected chi connectivity index (χ0v) is 19.0. The van der Waals surface area contributed by atoms with Gasteiger partial charge in [0.25, 0.3) is 0 Å². The predicted molar refractivity (Wildman–Crippen MR) is 124 cm³/mol. The molecule has 0 aliphatic carbocycles. The lowest BCUT2D eigenvalue weighted by molar-refractivity contribution is 0.122. The lowest BCUT2D eigenvalue weighted by Crippen LogP contribution is -2.36. The molecule has 2 aromatic heterocycles. The normalized spacial score (nSPS) is 13.9. The van der Waals surface area contributed by atoms with Crippen LogP contribution in [-0.4, -0.2) is 53.6 Å².